The van der Waals surface area contributed by atoms with Crippen molar-refractivity contribution >= 4 is 34.2 Å². The predicted octanol–water partition coefficient (Wildman–Crippen LogP) is 5.58. The fourth-order valence-corrected chi connectivity index (χ4v) is 5.42. The van der Waals surface area contributed by atoms with Crippen molar-refractivity contribution in [3.8, 4) is 17.7 Å². The van der Waals surface area contributed by atoms with Crippen molar-refractivity contribution < 1.29 is 18.7 Å². The summed E-state index contributed by atoms with van der Waals surface area (Å²) in [6.07, 6.45) is 7.15. The number of carbonyl (C=O) groups is 1. The minimum Gasteiger partial charge on any atom is -0.495 e. The smallest absolute Gasteiger partial charge is 0.254 e. The Labute approximate surface area is 237 Å². The molecule has 0 aliphatic heterocycles. The molecular weight excluding hydrogens is 520 g/mol. The number of fused-ring (bicyclic) bond motifs is 2. The van der Waals surface area contributed by atoms with Gasteiger partial charge in [-0.3, -0.25) is 4.79 Å². The van der Waals surface area contributed by atoms with E-state index in [1.807, 2.05) is 31.2 Å². The maximum atomic E-state index is 12.7. The van der Waals surface area contributed by atoms with Crippen LogP contribution in [0.2, 0.25) is 0 Å². The SMILES string of the molecule is COc1cc(C(=O)N(C)CC#N)ccc1Nc1nc2c(c(OC3CCCC3)n1)C(c1ccc3nc(C)oc3c1)=CC2. The van der Waals surface area contributed by atoms with Gasteiger partial charge in [0.25, 0.3) is 5.91 Å². The number of allylic oxidation sites excluding steroid dienone is 1. The minimum atomic E-state index is -0.269. The van der Waals surface area contributed by atoms with E-state index >= 15 is 0 Å². The van der Waals surface area contributed by atoms with Gasteiger partial charge in [0.1, 0.15) is 23.9 Å². The van der Waals surface area contributed by atoms with E-state index in [2.05, 4.69) is 16.4 Å². The zero-order valence-corrected chi connectivity index (χ0v) is 23.2. The molecule has 0 saturated heterocycles. The highest BCUT2D eigenvalue weighted by Gasteiger charge is 2.28. The number of carbonyl (C=O) groups excluding carboxylic acids is 1. The van der Waals surface area contributed by atoms with Crippen LogP contribution in [0.1, 0.15) is 58.8 Å². The van der Waals surface area contributed by atoms with Crippen molar-refractivity contribution in [2.45, 2.75) is 45.1 Å². The Morgan fingerprint density at radius 1 is 1.17 bits per heavy atom. The largest absolute Gasteiger partial charge is 0.495 e. The van der Waals surface area contributed by atoms with E-state index in [9.17, 15) is 4.79 Å². The van der Waals surface area contributed by atoms with Crippen LogP contribution in [0.25, 0.3) is 16.7 Å². The van der Waals surface area contributed by atoms with Gasteiger partial charge in [-0.2, -0.15) is 10.2 Å². The van der Waals surface area contributed by atoms with Gasteiger partial charge in [0.05, 0.1) is 30.1 Å². The zero-order valence-electron chi connectivity index (χ0n) is 23.2. The van der Waals surface area contributed by atoms with Crippen LogP contribution in [0.15, 0.2) is 46.9 Å². The second-order valence-electron chi connectivity index (χ2n) is 10.3. The average Bonchev–Trinajstić information content (AvgIpc) is 3.72. The summed E-state index contributed by atoms with van der Waals surface area (Å²) in [7, 11) is 3.12. The molecule has 0 spiro atoms. The molecule has 41 heavy (non-hydrogen) atoms. The van der Waals surface area contributed by atoms with Crippen LogP contribution < -0.4 is 14.8 Å². The van der Waals surface area contributed by atoms with Gasteiger partial charge < -0.3 is 24.1 Å². The second kappa shape index (κ2) is 10.9. The maximum absolute atomic E-state index is 12.7. The van der Waals surface area contributed by atoms with Gasteiger partial charge in [-0.15, -0.1) is 0 Å². The number of aryl methyl sites for hydroxylation is 1. The van der Waals surface area contributed by atoms with E-state index in [1.165, 1.54) is 12.0 Å². The molecule has 0 radical (unpaired) electrons. The van der Waals surface area contributed by atoms with Gasteiger partial charge in [0, 0.05) is 26.0 Å². The Morgan fingerprint density at radius 3 is 2.78 bits per heavy atom. The van der Waals surface area contributed by atoms with Gasteiger partial charge in [-0.1, -0.05) is 12.1 Å². The first kappa shape index (κ1) is 26.3. The van der Waals surface area contributed by atoms with E-state index in [-0.39, 0.29) is 18.6 Å². The summed E-state index contributed by atoms with van der Waals surface area (Å²) in [4.78, 5) is 28.1. The maximum Gasteiger partial charge on any atom is 0.254 e. The Bertz CT molecular complexity index is 1710. The Balaban J connectivity index is 1.34. The molecule has 10 heteroatoms. The second-order valence-corrected chi connectivity index (χ2v) is 10.3. The molecule has 10 nitrogen and oxygen atoms in total. The number of benzene rings is 2. The molecule has 0 bridgehead atoms. The Kier molecular flexibility index (Phi) is 7.01. The molecule has 1 saturated carbocycles. The Hall–Kier alpha value is -4.91. The molecule has 4 aromatic rings. The molecule has 2 aliphatic rings. The summed E-state index contributed by atoms with van der Waals surface area (Å²) in [5.41, 5.74) is 6.35. The van der Waals surface area contributed by atoms with E-state index in [1.54, 1.807) is 25.2 Å². The van der Waals surface area contributed by atoms with E-state index in [0.29, 0.717) is 41.1 Å². The van der Waals surface area contributed by atoms with Gasteiger partial charge in [0.2, 0.25) is 11.8 Å². The quantitative estimate of drug-likeness (QED) is 0.280. The number of nitriles is 1. The fourth-order valence-electron chi connectivity index (χ4n) is 5.42. The van der Waals surface area contributed by atoms with E-state index in [0.717, 1.165) is 59.2 Å². The summed E-state index contributed by atoms with van der Waals surface area (Å²) in [6, 6.07) is 13.1. The molecule has 2 aromatic carbocycles. The number of rotatable bonds is 8. The number of hydrogen-bond donors (Lipinski definition) is 1. The fraction of sp³-hybridized carbons (Fsp3) is 0.323. The van der Waals surface area contributed by atoms with Crippen LogP contribution in [-0.4, -0.2) is 52.6 Å². The minimum absolute atomic E-state index is 0.00416. The molecule has 0 atom stereocenters. The number of hydrogen-bond acceptors (Lipinski definition) is 9. The number of amides is 1. The zero-order chi connectivity index (χ0) is 28.5. The van der Waals surface area contributed by atoms with Gasteiger partial charge in [-0.05, 0) is 67.2 Å². The summed E-state index contributed by atoms with van der Waals surface area (Å²) < 4.78 is 17.9. The summed E-state index contributed by atoms with van der Waals surface area (Å²) in [5, 5.41) is 12.2. The molecule has 2 aromatic heterocycles. The van der Waals surface area contributed by atoms with Crippen LogP contribution >= 0.6 is 0 Å². The third kappa shape index (κ3) is 5.18. The van der Waals surface area contributed by atoms with Crippen molar-refractivity contribution in [2.75, 3.05) is 26.0 Å². The van der Waals surface area contributed by atoms with E-state index in [4.69, 9.17) is 29.1 Å². The van der Waals surface area contributed by atoms with Crippen LogP contribution in [0, 0.1) is 18.3 Å². The van der Waals surface area contributed by atoms with Crippen molar-refractivity contribution in [3.05, 3.63) is 70.7 Å². The van der Waals surface area contributed by atoms with Crippen LogP contribution in [0.3, 0.4) is 0 Å². The normalized spacial score (nSPS) is 14.4. The van der Waals surface area contributed by atoms with Crippen molar-refractivity contribution in [3.63, 3.8) is 0 Å². The van der Waals surface area contributed by atoms with Gasteiger partial charge in [0.15, 0.2) is 11.5 Å². The first-order chi connectivity index (χ1) is 19.9. The number of aromatic nitrogens is 3. The Morgan fingerprint density at radius 2 is 2.00 bits per heavy atom. The molecule has 2 heterocycles. The first-order valence-electron chi connectivity index (χ1n) is 13.7. The summed E-state index contributed by atoms with van der Waals surface area (Å²) >= 11 is 0. The molecule has 208 valence electrons. The third-order valence-electron chi connectivity index (χ3n) is 7.46. The highest BCUT2D eigenvalue weighted by atomic mass is 16.5. The molecule has 0 unspecified atom stereocenters. The lowest BCUT2D eigenvalue weighted by atomic mass is 10.0. The summed E-state index contributed by atoms with van der Waals surface area (Å²) in [6.45, 7) is 1.84. The molecule has 1 N–H and O–H groups in total. The number of oxazole rings is 1. The predicted molar refractivity (Wildman–Crippen MR) is 153 cm³/mol. The molecule has 6 rings (SSSR count). The van der Waals surface area contributed by atoms with Crippen molar-refractivity contribution in [2.24, 2.45) is 0 Å². The number of nitrogens with one attached hydrogen (secondary N) is 1. The number of ether oxygens (including phenoxy) is 2. The van der Waals surface area contributed by atoms with Crippen LogP contribution in [0.4, 0.5) is 11.6 Å². The van der Waals surface area contributed by atoms with Crippen molar-refractivity contribution in [1.82, 2.24) is 19.9 Å². The molecular formula is C31H30N6O4. The lowest BCUT2D eigenvalue weighted by Crippen LogP contribution is -2.26. The number of anilines is 2. The lowest BCUT2D eigenvalue weighted by Gasteiger charge is -2.19. The van der Waals surface area contributed by atoms with Crippen LogP contribution in [-0.2, 0) is 6.42 Å². The number of methoxy groups -OCH3 is 1. The molecule has 2 aliphatic carbocycles. The molecule has 1 fully saturated rings. The average molecular weight is 551 g/mol. The topological polar surface area (TPSA) is 126 Å². The highest BCUT2D eigenvalue weighted by Crippen LogP contribution is 2.41. The highest BCUT2D eigenvalue weighted by molar-refractivity contribution is 5.95. The first-order valence-corrected chi connectivity index (χ1v) is 13.7. The van der Waals surface area contributed by atoms with Gasteiger partial charge in [-0.25, -0.2) is 9.97 Å². The van der Waals surface area contributed by atoms with Crippen LogP contribution in [0.5, 0.6) is 11.6 Å². The summed E-state index contributed by atoms with van der Waals surface area (Å²) in [5.74, 6) is 1.74. The van der Waals surface area contributed by atoms with Gasteiger partial charge >= 0.3 is 0 Å². The third-order valence-corrected chi connectivity index (χ3v) is 7.46. The van der Waals surface area contributed by atoms with Crippen molar-refractivity contribution in [1.29, 1.82) is 5.26 Å². The molecule has 1 amide bonds. The lowest BCUT2D eigenvalue weighted by molar-refractivity contribution is 0.0811. The monoisotopic (exact) mass is 550 g/mol. The standard InChI is InChI=1S/C31H30N6O4/c1-18-33-24-11-8-19(16-27(24)40-18)22-10-13-25-28(22)29(41-21-6-4-5-7-21)36-31(35-25)34-23-12-9-20(17-26(23)39-3)30(38)37(2)15-14-32/h8-12,16-17,21H,4-7,13,15H2,1-3H3,(H,34,35,36). The number of nitrogens with zero attached hydrogens (tertiary/aromatic N) is 5. The van der Waals surface area contributed by atoms with E-state index < -0.39 is 0 Å².